The van der Waals surface area contributed by atoms with Crippen LogP contribution in [0.25, 0.3) is 0 Å². The Balaban J connectivity index is 2.20. The van der Waals surface area contributed by atoms with Crippen LogP contribution in [0.2, 0.25) is 0 Å². The number of carbonyl (C=O) groups excluding carboxylic acids is 1. The maximum Gasteiger partial charge on any atom is 0.253 e. The fourth-order valence-electron chi connectivity index (χ4n) is 1.72. The van der Waals surface area contributed by atoms with Crippen molar-refractivity contribution in [3.05, 3.63) is 69.9 Å². The van der Waals surface area contributed by atoms with Gasteiger partial charge in [-0.25, -0.2) is 4.39 Å². The molecule has 0 saturated heterocycles. The molecular weight excluding hydrogens is 323 g/mol. The summed E-state index contributed by atoms with van der Waals surface area (Å²) in [6.07, 6.45) is 0. The van der Waals surface area contributed by atoms with Gasteiger partial charge in [0.25, 0.3) is 5.91 Å². The lowest BCUT2D eigenvalue weighted by molar-refractivity contribution is 0.0944. The van der Waals surface area contributed by atoms with E-state index in [9.17, 15) is 9.18 Å². The molecule has 0 spiro atoms. The minimum atomic E-state index is -0.749. The minimum absolute atomic E-state index is 0.280. The number of nitrogens with zero attached hydrogens (tertiary/aromatic N) is 1. The quantitative estimate of drug-likeness (QED) is 0.933. The number of hydrogen-bond acceptors (Lipinski definition) is 2. The van der Waals surface area contributed by atoms with E-state index < -0.39 is 17.8 Å². The Labute approximate surface area is 124 Å². The van der Waals surface area contributed by atoms with Crippen LogP contribution in [0.5, 0.6) is 0 Å². The van der Waals surface area contributed by atoms with Crippen molar-refractivity contribution in [1.82, 2.24) is 5.32 Å². The zero-order chi connectivity index (χ0) is 14.5. The second kappa shape index (κ2) is 6.31. The molecule has 0 saturated carbocycles. The number of carbonyl (C=O) groups is 1. The van der Waals surface area contributed by atoms with E-state index in [2.05, 4.69) is 21.2 Å². The number of halogens is 2. The summed E-state index contributed by atoms with van der Waals surface area (Å²) >= 11 is 3.13. The summed E-state index contributed by atoms with van der Waals surface area (Å²) in [7, 11) is 0. The standard InChI is InChI=1S/C15H10BrFN2O/c16-13-8-11(17)6-7-12(13)15(20)19-14(9-18)10-4-2-1-3-5-10/h1-8,14H,(H,19,20). The van der Waals surface area contributed by atoms with Crippen LogP contribution in [0.3, 0.4) is 0 Å². The lowest BCUT2D eigenvalue weighted by Gasteiger charge is -2.12. The molecule has 1 unspecified atom stereocenters. The second-order valence-corrected chi connectivity index (χ2v) is 4.92. The number of benzene rings is 2. The van der Waals surface area contributed by atoms with Crippen molar-refractivity contribution >= 4 is 21.8 Å². The molecule has 20 heavy (non-hydrogen) atoms. The Bertz CT molecular complexity index is 667. The van der Waals surface area contributed by atoms with Gasteiger partial charge in [-0.2, -0.15) is 5.26 Å². The van der Waals surface area contributed by atoms with E-state index in [-0.39, 0.29) is 5.56 Å². The SMILES string of the molecule is N#CC(NC(=O)c1ccc(F)cc1Br)c1ccccc1. The Hall–Kier alpha value is -2.19. The Morgan fingerprint density at radius 3 is 2.55 bits per heavy atom. The normalized spacial score (nSPS) is 11.4. The molecule has 0 aliphatic rings. The van der Waals surface area contributed by atoms with E-state index in [1.54, 1.807) is 24.3 Å². The van der Waals surface area contributed by atoms with Gasteiger partial charge in [0.15, 0.2) is 0 Å². The summed E-state index contributed by atoms with van der Waals surface area (Å²) in [6.45, 7) is 0. The Morgan fingerprint density at radius 2 is 1.95 bits per heavy atom. The van der Waals surface area contributed by atoms with Crippen molar-refractivity contribution in [1.29, 1.82) is 5.26 Å². The third-order valence-corrected chi connectivity index (χ3v) is 3.37. The third kappa shape index (κ3) is 3.22. The molecule has 0 aromatic heterocycles. The van der Waals surface area contributed by atoms with Gasteiger partial charge >= 0.3 is 0 Å². The molecule has 2 aromatic rings. The number of hydrogen-bond donors (Lipinski definition) is 1. The van der Waals surface area contributed by atoms with Gasteiger partial charge in [0, 0.05) is 4.47 Å². The van der Waals surface area contributed by atoms with Crippen LogP contribution in [0.1, 0.15) is 22.0 Å². The number of rotatable bonds is 3. The van der Waals surface area contributed by atoms with Crippen molar-refractivity contribution in [3.63, 3.8) is 0 Å². The van der Waals surface area contributed by atoms with Gasteiger partial charge in [-0.05, 0) is 39.7 Å². The first kappa shape index (κ1) is 14.2. The molecule has 0 bridgehead atoms. The zero-order valence-electron chi connectivity index (χ0n) is 10.3. The molecule has 2 rings (SSSR count). The van der Waals surface area contributed by atoms with Gasteiger partial charge in [-0.3, -0.25) is 4.79 Å². The van der Waals surface area contributed by atoms with Crippen LogP contribution < -0.4 is 5.32 Å². The van der Waals surface area contributed by atoms with E-state index in [1.165, 1.54) is 18.2 Å². The molecule has 0 heterocycles. The number of nitrogens with one attached hydrogen (secondary N) is 1. The van der Waals surface area contributed by atoms with Gasteiger partial charge < -0.3 is 5.32 Å². The summed E-state index contributed by atoms with van der Waals surface area (Å²) in [4.78, 5) is 12.1. The first-order chi connectivity index (χ1) is 9.61. The molecular formula is C15H10BrFN2O. The maximum absolute atomic E-state index is 13.0. The Morgan fingerprint density at radius 1 is 1.25 bits per heavy atom. The van der Waals surface area contributed by atoms with Crippen LogP contribution in [0.15, 0.2) is 53.0 Å². The highest BCUT2D eigenvalue weighted by Gasteiger charge is 2.17. The lowest BCUT2D eigenvalue weighted by atomic mass is 10.1. The number of amides is 1. The minimum Gasteiger partial charge on any atom is -0.332 e. The van der Waals surface area contributed by atoms with Crippen LogP contribution in [-0.2, 0) is 0 Å². The van der Waals surface area contributed by atoms with Gasteiger partial charge in [0.2, 0.25) is 0 Å². The molecule has 0 fully saturated rings. The fourth-order valence-corrected chi connectivity index (χ4v) is 2.25. The molecule has 5 heteroatoms. The van der Waals surface area contributed by atoms with Crippen LogP contribution in [0, 0.1) is 17.1 Å². The summed E-state index contributed by atoms with van der Waals surface area (Å²) in [6, 6.07) is 14.0. The van der Waals surface area contributed by atoms with Crippen LogP contribution in [0.4, 0.5) is 4.39 Å². The Kier molecular flexibility index (Phi) is 4.49. The van der Waals surface area contributed by atoms with Crippen molar-refractivity contribution < 1.29 is 9.18 Å². The first-order valence-corrected chi connectivity index (χ1v) is 6.61. The summed E-state index contributed by atoms with van der Waals surface area (Å²) < 4.78 is 13.3. The summed E-state index contributed by atoms with van der Waals surface area (Å²) in [5.74, 6) is -0.874. The van der Waals surface area contributed by atoms with Crippen molar-refractivity contribution in [2.24, 2.45) is 0 Å². The highest BCUT2D eigenvalue weighted by Crippen LogP contribution is 2.19. The summed E-state index contributed by atoms with van der Waals surface area (Å²) in [5, 5.41) is 11.8. The highest BCUT2D eigenvalue weighted by molar-refractivity contribution is 9.10. The van der Waals surface area contributed by atoms with Gasteiger partial charge in [0.1, 0.15) is 11.9 Å². The molecule has 0 aliphatic heterocycles. The molecule has 1 amide bonds. The van der Waals surface area contributed by atoms with Crippen molar-refractivity contribution in [2.45, 2.75) is 6.04 Å². The molecule has 1 N–H and O–H groups in total. The molecule has 1 atom stereocenters. The molecule has 0 aliphatic carbocycles. The smallest absolute Gasteiger partial charge is 0.253 e. The predicted molar refractivity (Wildman–Crippen MR) is 76.4 cm³/mol. The maximum atomic E-state index is 13.0. The number of nitriles is 1. The van der Waals surface area contributed by atoms with E-state index in [0.29, 0.717) is 10.0 Å². The monoisotopic (exact) mass is 332 g/mol. The highest BCUT2D eigenvalue weighted by atomic mass is 79.9. The fraction of sp³-hybridized carbons (Fsp3) is 0.0667. The van der Waals surface area contributed by atoms with E-state index in [0.717, 1.165) is 0 Å². The predicted octanol–water partition coefficient (Wildman–Crippen LogP) is 3.58. The van der Waals surface area contributed by atoms with E-state index in [1.807, 2.05) is 12.1 Å². The third-order valence-electron chi connectivity index (χ3n) is 2.71. The van der Waals surface area contributed by atoms with Crippen LogP contribution in [-0.4, -0.2) is 5.91 Å². The summed E-state index contributed by atoms with van der Waals surface area (Å²) in [5.41, 5.74) is 0.976. The van der Waals surface area contributed by atoms with Crippen molar-refractivity contribution in [3.8, 4) is 6.07 Å². The second-order valence-electron chi connectivity index (χ2n) is 4.07. The van der Waals surface area contributed by atoms with Gasteiger partial charge in [-0.1, -0.05) is 30.3 Å². The largest absolute Gasteiger partial charge is 0.332 e. The van der Waals surface area contributed by atoms with E-state index >= 15 is 0 Å². The molecule has 2 aromatic carbocycles. The van der Waals surface area contributed by atoms with Crippen LogP contribution >= 0.6 is 15.9 Å². The van der Waals surface area contributed by atoms with Gasteiger partial charge in [-0.15, -0.1) is 0 Å². The lowest BCUT2D eigenvalue weighted by Crippen LogP contribution is -2.27. The topological polar surface area (TPSA) is 52.9 Å². The molecule has 100 valence electrons. The molecule has 3 nitrogen and oxygen atoms in total. The van der Waals surface area contributed by atoms with Crippen molar-refractivity contribution in [2.75, 3.05) is 0 Å². The van der Waals surface area contributed by atoms with Gasteiger partial charge in [0.05, 0.1) is 11.6 Å². The zero-order valence-corrected chi connectivity index (χ0v) is 11.9. The first-order valence-electron chi connectivity index (χ1n) is 5.82. The van der Waals surface area contributed by atoms with E-state index in [4.69, 9.17) is 5.26 Å². The molecule has 0 radical (unpaired) electrons. The average molecular weight is 333 g/mol. The average Bonchev–Trinajstić information content (AvgIpc) is 2.45.